The maximum Gasteiger partial charge on any atom is 0.143 e. The fourth-order valence-electron chi connectivity index (χ4n) is 9.84. The fourth-order valence-corrected chi connectivity index (χ4v) is 9.84. The SMILES string of the molecule is CC1=C(C(C)(C)C)C(c2ccc(-c3ccc4c(c3)c3ccccc3n4-c3ccccc3)c3ccccc23)CC=C1.CCCC.Cc1ccc(-c2cccc3c2oc2ccccc23)cc1. The standard InChI is InChI=1S/C39H35N.C19H14O.C4H10/c1-26-13-12-19-34(38(26)39(2,3)4)32-23-22-29(30-16-8-9-17-31(30)32)27-21-24-37-35(25-27)33-18-10-11-20-36(33)40(37)28-14-6-5-7-15-28;1-13-9-11-14(12-10-13)15-6-4-7-17-16-5-2-3-8-18(16)20-19(15)17;1-3-4-2/h5-18,20-25,34H,19H2,1-4H3;2-12H,1H3;3-4H2,1-2H3. The van der Waals surface area contributed by atoms with Gasteiger partial charge >= 0.3 is 0 Å². The van der Waals surface area contributed by atoms with E-state index in [1.54, 1.807) is 5.57 Å². The summed E-state index contributed by atoms with van der Waals surface area (Å²) in [6, 6.07) is 63.3. The molecule has 1 aliphatic carbocycles. The first-order valence-corrected chi connectivity index (χ1v) is 23.1. The Hall–Kier alpha value is -6.90. The molecule has 0 spiro atoms. The molecule has 1 atom stereocenters. The van der Waals surface area contributed by atoms with E-state index in [-0.39, 0.29) is 5.41 Å². The quantitative estimate of drug-likeness (QED) is 0.169. The molecule has 1 unspecified atom stereocenters. The van der Waals surface area contributed by atoms with Crippen molar-refractivity contribution in [2.45, 2.75) is 73.6 Å². The minimum atomic E-state index is 0.122. The summed E-state index contributed by atoms with van der Waals surface area (Å²) >= 11 is 0. The molecular formula is C62H59NO. The van der Waals surface area contributed by atoms with Gasteiger partial charge in [0.25, 0.3) is 0 Å². The molecule has 2 heteroatoms. The first-order valence-electron chi connectivity index (χ1n) is 23.1. The van der Waals surface area contributed by atoms with E-state index in [0.717, 1.165) is 23.2 Å². The van der Waals surface area contributed by atoms with Crippen LogP contribution in [-0.4, -0.2) is 4.57 Å². The Kier molecular flexibility index (Phi) is 12.0. The summed E-state index contributed by atoms with van der Waals surface area (Å²) in [5.41, 5.74) is 16.3. The van der Waals surface area contributed by atoms with E-state index < -0.39 is 0 Å². The molecule has 0 aliphatic heterocycles. The Balaban J connectivity index is 0.000000179. The number of rotatable bonds is 5. The summed E-state index contributed by atoms with van der Waals surface area (Å²) in [4.78, 5) is 0. The Bertz CT molecular complexity index is 3310. The molecule has 64 heavy (non-hydrogen) atoms. The predicted octanol–water partition coefficient (Wildman–Crippen LogP) is 18.4. The van der Waals surface area contributed by atoms with Crippen molar-refractivity contribution < 1.29 is 4.42 Å². The molecule has 1 aliphatic rings. The van der Waals surface area contributed by atoms with Gasteiger partial charge in [0, 0.05) is 38.7 Å². The van der Waals surface area contributed by atoms with E-state index in [1.807, 2.05) is 12.1 Å². The van der Waals surface area contributed by atoms with Gasteiger partial charge in [-0.15, -0.1) is 0 Å². The van der Waals surface area contributed by atoms with E-state index in [4.69, 9.17) is 4.42 Å². The Morgan fingerprint density at radius 2 is 1.16 bits per heavy atom. The van der Waals surface area contributed by atoms with Crippen LogP contribution in [0, 0.1) is 12.3 Å². The van der Waals surface area contributed by atoms with E-state index in [2.05, 4.69) is 229 Å². The van der Waals surface area contributed by atoms with Crippen LogP contribution in [0.15, 0.2) is 204 Å². The van der Waals surface area contributed by atoms with Crippen LogP contribution in [-0.2, 0) is 0 Å². The number of hydrogen-bond donors (Lipinski definition) is 0. The maximum atomic E-state index is 6.07. The van der Waals surface area contributed by atoms with E-state index in [9.17, 15) is 0 Å². The number of aromatic nitrogens is 1. The van der Waals surface area contributed by atoms with E-state index >= 15 is 0 Å². The van der Waals surface area contributed by atoms with Crippen molar-refractivity contribution in [2.75, 3.05) is 0 Å². The van der Waals surface area contributed by atoms with Crippen LogP contribution in [0.4, 0.5) is 0 Å². The summed E-state index contributed by atoms with van der Waals surface area (Å²) in [5.74, 6) is 0.398. The predicted molar refractivity (Wildman–Crippen MR) is 277 cm³/mol. The third-order valence-corrected chi connectivity index (χ3v) is 12.9. The number of benzene rings is 8. The molecule has 318 valence electrons. The minimum Gasteiger partial charge on any atom is -0.455 e. The molecule has 0 saturated heterocycles. The maximum absolute atomic E-state index is 6.07. The van der Waals surface area contributed by atoms with Gasteiger partial charge in [-0.1, -0.05) is 216 Å². The second-order valence-electron chi connectivity index (χ2n) is 18.4. The summed E-state index contributed by atoms with van der Waals surface area (Å²) < 4.78 is 8.45. The molecule has 2 heterocycles. The van der Waals surface area contributed by atoms with Gasteiger partial charge in [-0.3, -0.25) is 0 Å². The van der Waals surface area contributed by atoms with Crippen molar-refractivity contribution in [3.63, 3.8) is 0 Å². The molecule has 0 bridgehead atoms. The molecule has 0 N–H and O–H groups in total. The summed E-state index contributed by atoms with van der Waals surface area (Å²) in [5, 5.41) is 7.62. The van der Waals surface area contributed by atoms with Crippen molar-refractivity contribution in [2.24, 2.45) is 5.41 Å². The second kappa shape index (κ2) is 18.1. The van der Waals surface area contributed by atoms with E-state index in [0.29, 0.717) is 5.92 Å². The number of furan rings is 1. The fraction of sp³-hybridized carbons (Fsp3) is 0.194. The highest BCUT2D eigenvalue weighted by atomic mass is 16.3. The Labute approximate surface area is 379 Å². The second-order valence-corrected chi connectivity index (χ2v) is 18.4. The van der Waals surface area contributed by atoms with Gasteiger partial charge in [0.15, 0.2) is 0 Å². The summed E-state index contributed by atoms with van der Waals surface area (Å²) in [6.07, 6.45) is 8.36. The molecule has 2 aromatic heterocycles. The first kappa shape index (κ1) is 42.4. The number of nitrogens with zero attached hydrogens (tertiary/aromatic N) is 1. The zero-order valence-electron chi connectivity index (χ0n) is 38.5. The molecule has 0 amide bonds. The number of unbranched alkanes of at least 4 members (excludes halogenated alkanes) is 1. The average molecular weight is 834 g/mol. The van der Waals surface area contributed by atoms with Crippen LogP contribution < -0.4 is 0 Å². The van der Waals surface area contributed by atoms with Gasteiger partial charge in [-0.25, -0.2) is 0 Å². The van der Waals surface area contributed by atoms with Crippen molar-refractivity contribution in [3.8, 4) is 27.9 Å². The molecular weight excluding hydrogens is 775 g/mol. The number of allylic oxidation sites excluding steroid dienone is 4. The monoisotopic (exact) mass is 833 g/mol. The topological polar surface area (TPSA) is 18.1 Å². The van der Waals surface area contributed by atoms with Crippen molar-refractivity contribution in [1.82, 2.24) is 4.57 Å². The average Bonchev–Trinajstić information content (AvgIpc) is 3.87. The van der Waals surface area contributed by atoms with Crippen LogP contribution in [0.5, 0.6) is 0 Å². The number of aryl methyl sites for hydroxylation is 1. The highest BCUT2D eigenvalue weighted by Gasteiger charge is 2.30. The minimum absolute atomic E-state index is 0.122. The summed E-state index contributed by atoms with van der Waals surface area (Å²) in [6.45, 7) is 15.8. The number of para-hydroxylation sites is 4. The number of fused-ring (bicyclic) bond motifs is 7. The lowest BCUT2D eigenvalue weighted by atomic mass is 9.70. The van der Waals surface area contributed by atoms with Gasteiger partial charge in [0.1, 0.15) is 11.2 Å². The molecule has 0 fully saturated rings. The molecule has 0 radical (unpaired) electrons. The van der Waals surface area contributed by atoms with Crippen molar-refractivity contribution >= 4 is 54.5 Å². The molecule has 2 nitrogen and oxygen atoms in total. The molecule has 11 rings (SSSR count). The number of hydrogen-bond acceptors (Lipinski definition) is 1. The molecule has 0 saturated carbocycles. The van der Waals surface area contributed by atoms with Crippen LogP contribution in [0.1, 0.15) is 77.8 Å². The van der Waals surface area contributed by atoms with Crippen LogP contribution >= 0.6 is 0 Å². The first-order chi connectivity index (χ1) is 31.2. The normalized spacial score (nSPS) is 14.0. The third kappa shape index (κ3) is 8.10. The zero-order chi connectivity index (χ0) is 44.4. The highest BCUT2D eigenvalue weighted by molar-refractivity contribution is 6.12. The van der Waals surface area contributed by atoms with Crippen LogP contribution in [0.2, 0.25) is 0 Å². The van der Waals surface area contributed by atoms with Gasteiger partial charge < -0.3 is 8.98 Å². The highest BCUT2D eigenvalue weighted by Crippen LogP contribution is 2.47. The van der Waals surface area contributed by atoms with Crippen molar-refractivity contribution in [1.29, 1.82) is 0 Å². The lowest BCUT2D eigenvalue weighted by molar-refractivity contribution is 0.456. The Morgan fingerprint density at radius 1 is 0.531 bits per heavy atom. The molecule has 8 aromatic carbocycles. The lowest BCUT2D eigenvalue weighted by Gasteiger charge is -2.35. The zero-order valence-corrected chi connectivity index (χ0v) is 38.5. The van der Waals surface area contributed by atoms with Gasteiger partial charge in [-0.05, 0) is 95.1 Å². The van der Waals surface area contributed by atoms with Crippen LogP contribution in [0.3, 0.4) is 0 Å². The Morgan fingerprint density at radius 3 is 1.89 bits per heavy atom. The van der Waals surface area contributed by atoms with Crippen LogP contribution in [0.25, 0.3) is 82.5 Å². The van der Waals surface area contributed by atoms with Gasteiger partial charge in [0.2, 0.25) is 0 Å². The van der Waals surface area contributed by atoms with Gasteiger partial charge in [0.05, 0.1) is 11.0 Å². The third-order valence-electron chi connectivity index (χ3n) is 12.9. The van der Waals surface area contributed by atoms with Gasteiger partial charge in [-0.2, -0.15) is 0 Å². The largest absolute Gasteiger partial charge is 0.455 e. The van der Waals surface area contributed by atoms with Crippen molar-refractivity contribution in [3.05, 3.63) is 210 Å². The lowest BCUT2D eigenvalue weighted by Crippen LogP contribution is -2.20. The molecule has 10 aromatic rings. The smallest absolute Gasteiger partial charge is 0.143 e. The van der Waals surface area contributed by atoms with E-state index in [1.165, 1.54) is 95.3 Å². The summed E-state index contributed by atoms with van der Waals surface area (Å²) in [7, 11) is 0.